The number of para-hydroxylation sites is 1. The van der Waals surface area contributed by atoms with Crippen LogP contribution in [0.4, 0.5) is 5.69 Å². The third-order valence-electron chi connectivity index (χ3n) is 2.64. The van der Waals surface area contributed by atoms with E-state index in [1.165, 1.54) is 10.6 Å². The number of amides is 1. The summed E-state index contributed by atoms with van der Waals surface area (Å²) in [6.45, 7) is -0.0129. The van der Waals surface area contributed by atoms with E-state index in [1.807, 2.05) is 30.5 Å². The van der Waals surface area contributed by atoms with Crippen LogP contribution >= 0.6 is 27.7 Å². The first-order valence-electron chi connectivity index (χ1n) is 5.89. The maximum atomic E-state index is 12.0. The zero-order valence-corrected chi connectivity index (χ0v) is 13.2. The van der Waals surface area contributed by atoms with Gasteiger partial charge < -0.3 is 9.88 Å². The highest BCUT2D eigenvalue weighted by molar-refractivity contribution is 9.10. The normalized spacial score (nSPS) is 10.3. The van der Waals surface area contributed by atoms with Crippen molar-refractivity contribution in [3.05, 3.63) is 57.4 Å². The quantitative estimate of drug-likeness (QED) is 0.860. The Hall–Kier alpha value is -1.53. The molecule has 0 radical (unpaired) electrons. The molecule has 0 saturated carbocycles. The highest BCUT2D eigenvalue weighted by Gasteiger charge is 2.08. The fraction of sp³-hybridized carbons (Fsp3) is 0.143. The lowest BCUT2D eigenvalue weighted by molar-refractivity contribution is -0.116. The third kappa shape index (κ3) is 3.74. The van der Waals surface area contributed by atoms with Crippen LogP contribution in [-0.4, -0.2) is 16.7 Å². The van der Waals surface area contributed by atoms with Gasteiger partial charge in [0.05, 0.1) is 5.69 Å². The second kappa shape index (κ2) is 6.76. The van der Waals surface area contributed by atoms with E-state index in [-0.39, 0.29) is 18.0 Å². The monoisotopic (exact) mass is 352 g/mol. The molecule has 0 saturated heterocycles. The van der Waals surface area contributed by atoms with Gasteiger partial charge in [0.2, 0.25) is 5.91 Å². The molecule has 4 nitrogen and oxygen atoms in total. The Morgan fingerprint density at radius 1 is 1.30 bits per heavy atom. The van der Waals surface area contributed by atoms with E-state index in [1.54, 1.807) is 24.0 Å². The summed E-state index contributed by atoms with van der Waals surface area (Å²) in [5.41, 5.74) is 0.551. The number of rotatable bonds is 4. The number of pyridine rings is 1. The maximum absolute atomic E-state index is 12.0. The summed E-state index contributed by atoms with van der Waals surface area (Å²) in [6, 6.07) is 10.6. The fourth-order valence-electron chi connectivity index (χ4n) is 1.72. The van der Waals surface area contributed by atoms with Gasteiger partial charge >= 0.3 is 0 Å². The number of nitrogens with zero attached hydrogens (tertiary/aromatic N) is 1. The number of carbonyl (C=O) groups is 1. The molecule has 0 fully saturated rings. The van der Waals surface area contributed by atoms with Gasteiger partial charge in [-0.2, -0.15) is 0 Å². The number of carbonyl (C=O) groups excluding carboxylic acids is 1. The molecule has 1 aromatic heterocycles. The van der Waals surface area contributed by atoms with E-state index in [2.05, 4.69) is 21.2 Å². The lowest BCUT2D eigenvalue weighted by Crippen LogP contribution is -2.26. The highest BCUT2D eigenvalue weighted by Crippen LogP contribution is 2.24. The van der Waals surface area contributed by atoms with Crippen LogP contribution < -0.4 is 10.9 Å². The van der Waals surface area contributed by atoms with Gasteiger partial charge in [0, 0.05) is 21.6 Å². The van der Waals surface area contributed by atoms with Crippen molar-refractivity contribution >= 4 is 39.3 Å². The van der Waals surface area contributed by atoms with Crippen LogP contribution in [0, 0.1) is 0 Å². The van der Waals surface area contributed by atoms with Crippen LogP contribution in [0.2, 0.25) is 0 Å². The van der Waals surface area contributed by atoms with Gasteiger partial charge in [-0.3, -0.25) is 9.59 Å². The first kappa shape index (κ1) is 14.9. The van der Waals surface area contributed by atoms with Gasteiger partial charge in [-0.15, -0.1) is 11.8 Å². The van der Waals surface area contributed by atoms with Crippen molar-refractivity contribution in [1.29, 1.82) is 0 Å². The second-order valence-corrected chi connectivity index (χ2v) is 5.83. The molecular formula is C14H13BrN2O2S. The van der Waals surface area contributed by atoms with Crippen LogP contribution in [0.15, 0.2) is 56.8 Å². The molecule has 2 aromatic rings. The standard InChI is InChI=1S/C14H13BrN2O2S/c1-20-12-5-3-2-4-11(12)16-13(18)9-17-8-10(15)6-7-14(17)19/h2-8H,9H2,1H3,(H,16,18). The van der Waals surface area contributed by atoms with E-state index in [0.29, 0.717) is 0 Å². The second-order valence-electron chi connectivity index (χ2n) is 4.06. The smallest absolute Gasteiger partial charge is 0.251 e. The molecule has 2 rings (SSSR count). The topological polar surface area (TPSA) is 51.1 Å². The Kier molecular flexibility index (Phi) is 5.03. The van der Waals surface area contributed by atoms with Crippen LogP contribution in [0.3, 0.4) is 0 Å². The summed E-state index contributed by atoms with van der Waals surface area (Å²) in [7, 11) is 0. The molecule has 0 aliphatic heterocycles. The van der Waals surface area contributed by atoms with Gasteiger partial charge in [0.25, 0.3) is 5.56 Å². The van der Waals surface area contributed by atoms with E-state index < -0.39 is 0 Å². The van der Waals surface area contributed by atoms with Crippen molar-refractivity contribution in [2.45, 2.75) is 11.4 Å². The molecule has 0 bridgehead atoms. The molecule has 0 spiro atoms. The van der Waals surface area contributed by atoms with E-state index in [4.69, 9.17) is 0 Å². The lowest BCUT2D eigenvalue weighted by Gasteiger charge is -2.10. The number of aromatic nitrogens is 1. The Morgan fingerprint density at radius 2 is 2.05 bits per heavy atom. The molecule has 0 aliphatic rings. The molecular weight excluding hydrogens is 340 g/mol. The number of hydrogen-bond donors (Lipinski definition) is 1. The van der Waals surface area contributed by atoms with E-state index >= 15 is 0 Å². The van der Waals surface area contributed by atoms with Crippen molar-refractivity contribution in [3.63, 3.8) is 0 Å². The van der Waals surface area contributed by atoms with Crippen LogP contribution in [0.5, 0.6) is 0 Å². The van der Waals surface area contributed by atoms with Crippen molar-refractivity contribution in [2.24, 2.45) is 0 Å². The lowest BCUT2D eigenvalue weighted by atomic mass is 10.3. The van der Waals surface area contributed by atoms with Crippen molar-refractivity contribution in [1.82, 2.24) is 4.57 Å². The SMILES string of the molecule is CSc1ccccc1NC(=O)Cn1cc(Br)ccc1=O. The summed E-state index contributed by atoms with van der Waals surface area (Å²) in [5, 5.41) is 2.82. The average Bonchev–Trinajstić information content (AvgIpc) is 2.43. The van der Waals surface area contributed by atoms with Gasteiger partial charge in [-0.05, 0) is 40.4 Å². The molecule has 1 aromatic carbocycles. The summed E-state index contributed by atoms with van der Waals surface area (Å²) >= 11 is 4.84. The molecule has 1 amide bonds. The molecule has 20 heavy (non-hydrogen) atoms. The molecule has 0 atom stereocenters. The Morgan fingerprint density at radius 3 is 2.80 bits per heavy atom. The molecule has 1 heterocycles. The first-order chi connectivity index (χ1) is 9.60. The van der Waals surface area contributed by atoms with Crippen LogP contribution in [-0.2, 0) is 11.3 Å². The summed E-state index contributed by atoms with van der Waals surface area (Å²) in [4.78, 5) is 24.6. The number of hydrogen-bond acceptors (Lipinski definition) is 3. The van der Waals surface area contributed by atoms with Crippen LogP contribution in [0.25, 0.3) is 0 Å². The Bertz CT molecular complexity index is 685. The zero-order valence-electron chi connectivity index (χ0n) is 10.8. The molecule has 0 aliphatic carbocycles. The summed E-state index contributed by atoms with van der Waals surface area (Å²) < 4.78 is 2.12. The Balaban J connectivity index is 2.13. The average molecular weight is 353 g/mol. The summed E-state index contributed by atoms with van der Waals surface area (Å²) in [5.74, 6) is -0.230. The van der Waals surface area contributed by atoms with Gasteiger partial charge in [-0.25, -0.2) is 0 Å². The highest BCUT2D eigenvalue weighted by atomic mass is 79.9. The van der Waals surface area contributed by atoms with Gasteiger partial charge in [-0.1, -0.05) is 12.1 Å². The predicted molar refractivity (Wildman–Crippen MR) is 85.3 cm³/mol. The minimum Gasteiger partial charge on any atom is -0.324 e. The minimum absolute atomic E-state index is 0.0129. The van der Waals surface area contributed by atoms with E-state index in [9.17, 15) is 9.59 Å². The predicted octanol–water partition coefficient (Wildman–Crippen LogP) is 2.97. The van der Waals surface area contributed by atoms with Crippen molar-refractivity contribution in [3.8, 4) is 0 Å². The molecule has 104 valence electrons. The van der Waals surface area contributed by atoms with Gasteiger partial charge in [0.15, 0.2) is 0 Å². The largest absolute Gasteiger partial charge is 0.324 e. The first-order valence-corrected chi connectivity index (χ1v) is 7.91. The fourth-order valence-corrected chi connectivity index (χ4v) is 2.65. The van der Waals surface area contributed by atoms with E-state index in [0.717, 1.165) is 15.1 Å². The molecule has 6 heteroatoms. The summed E-state index contributed by atoms with van der Waals surface area (Å²) in [6.07, 6.45) is 3.55. The van der Waals surface area contributed by atoms with Gasteiger partial charge in [0.1, 0.15) is 6.54 Å². The van der Waals surface area contributed by atoms with Crippen molar-refractivity contribution < 1.29 is 4.79 Å². The number of nitrogens with one attached hydrogen (secondary N) is 1. The number of anilines is 1. The molecule has 0 unspecified atom stereocenters. The number of halogens is 1. The zero-order chi connectivity index (χ0) is 14.5. The third-order valence-corrected chi connectivity index (χ3v) is 3.91. The Labute approximate surface area is 129 Å². The molecule has 1 N–H and O–H groups in total. The van der Waals surface area contributed by atoms with Crippen molar-refractivity contribution in [2.75, 3.05) is 11.6 Å². The van der Waals surface area contributed by atoms with Crippen LogP contribution in [0.1, 0.15) is 0 Å². The number of benzene rings is 1. The maximum Gasteiger partial charge on any atom is 0.251 e. The minimum atomic E-state index is -0.230. The number of thioether (sulfide) groups is 1.